The molecular formula is C20H22Cl2FN3O. The van der Waals surface area contributed by atoms with Crippen LogP contribution in [0.4, 0.5) is 4.39 Å². The number of benzene rings is 1. The molecular weight excluding hydrogens is 388 g/mol. The van der Waals surface area contributed by atoms with Crippen molar-refractivity contribution >= 4 is 29.1 Å². The van der Waals surface area contributed by atoms with Crippen LogP contribution in [0.1, 0.15) is 34.5 Å². The van der Waals surface area contributed by atoms with Gasteiger partial charge in [-0.25, -0.2) is 4.39 Å². The van der Waals surface area contributed by atoms with Crippen molar-refractivity contribution in [3.63, 3.8) is 0 Å². The summed E-state index contributed by atoms with van der Waals surface area (Å²) in [5.41, 5.74) is 2.50. The topological polar surface area (TPSA) is 45.2 Å². The number of aryl methyl sites for hydroxylation is 1. The second kappa shape index (κ2) is 8.55. The third-order valence-electron chi connectivity index (χ3n) is 4.83. The third kappa shape index (κ3) is 5.18. The quantitative estimate of drug-likeness (QED) is 0.753. The lowest BCUT2D eigenvalue weighted by Gasteiger charge is -2.37. The van der Waals surface area contributed by atoms with Gasteiger partial charge in [-0.3, -0.25) is 9.78 Å². The fourth-order valence-electron chi connectivity index (χ4n) is 3.12. The monoisotopic (exact) mass is 409 g/mol. The van der Waals surface area contributed by atoms with Gasteiger partial charge in [-0.05, 0) is 49.6 Å². The van der Waals surface area contributed by atoms with Crippen molar-refractivity contribution in [1.82, 2.24) is 15.2 Å². The van der Waals surface area contributed by atoms with Crippen LogP contribution in [-0.4, -0.2) is 40.3 Å². The molecule has 1 aliphatic heterocycles. The van der Waals surface area contributed by atoms with E-state index in [1.165, 1.54) is 18.2 Å². The highest BCUT2D eigenvalue weighted by atomic mass is 35.5. The summed E-state index contributed by atoms with van der Waals surface area (Å²) in [6, 6.07) is 8.08. The average Bonchev–Trinajstić information content (AvgIpc) is 2.66. The molecule has 0 atom stereocenters. The van der Waals surface area contributed by atoms with E-state index in [1.807, 2.05) is 25.3 Å². The van der Waals surface area contributed by atoms with Gasteiger partial charge in [-0.2, -0.15) is 0 Å². The van der Waals surface area contributed by atoms with Gasteiger partial charge in [0.05, 0.1) is 15.6 Å². The fraction of sp³-hybridized carbons (Fsp3) is 0.400. The summed E-state index contributed by atoms with van der Waals surface area (Å²) in [6.45, 7) is 4.43. The Morgan fingerprint density at radius 1 is 1.30 bits per heavy atom. The van der Waals surface area contributed by atoms with Crippen LogP contribution in [-0.2, 0) is 6.54 Å². The van der Waals surface area contributed by atoms with E-state index in [1.54, 1.807) is 4.90 Å². The standard InChI is InChI=1S/C20H22Cl2FN3O/c1-14-2-4-16(25-11-14)12-24-13-20(22)6-8-26(9-7-20)19(27)15-3-5-18(23)17(21)10-15/h2-5,10-11,24H,6-9,12-13H2,1H3. The Labute approximate surface area is 168 Å². The Balaban J connectivity index is 1.50. The number of alkyl halides is 1. The molecule has 0 saturated carbocycles. The average molecular weight is 410 g/mol. The Bertz CT molecular complexity index is 805. The molecule has 144 valence electrons. The van der Waals surface area contributed by atoms with E-state index >= 15 is 0 Å². The van der Waals surface area contributed by atoms with E-state index in [9.17, 15) is 9.18 Å². The molecule has 4 nitrogen and oxygen atoms in total. The van der Waals surface area contributed by atoms with E-state index in [0.717, 1.165) is 11.3 Å². The van der Waals surface area contributed by atoms with E-state index in [-0.39, 0.29) is 15.8 Å². The van der Waals surface area contributed by atoms with Crippen molar-refractivity contribution in [3.8, 4) is 0 Å². The van der Waals surface area contributed by atoms with Crippen molar-refractivity contribution in [2.24, 2.45) is 0 Å². The maximum absolute atomic E-state index is 13.3. The highest BCUT2D eigenvalue weighted by Gasteiger charge is 2.34. The molecule has 0 unspecified atom stereocenters. The predicted molar refractivity (Wildman–Crippen MR) is 106 cm³/mol. The Morgan fingerprint density at radius 2 is 2.04 bits per heavy atom. The SMILES string of the molecule is Cc1ccc(CNCC2(Cl)CCN(C(=O)c3ccc(F)c(Cl)c3)CC2)nc1. The van der Waals surface area contributed by atoms with Crippen molar-refractivity contribution < 1.29 is 9.18 Å². The molecule has 27 heavy (non-hydrogen) atoms. The summed E-state index contributed by atoms with van der Waals surface area (Å²) in [7, 11) is 0. The minimum atomic E-state index is -0.527. The lowest BCUT2D eigenvalue weighted by molar-refractivity contribution is 0.0701. The maximum Gasteiger partial charge on any atom is 0.253 e. The van der Waals surface area contributed by atoms with E-state index in [2.05, 4.69) is 10.3 Å². The minimum Gasteiger partial charge on any atom is -0.339 e. The van der Waals surface area contributed by atoms with Gasteiger partial charge >= 0.3 is 0 Å². The molecule has 7 heteroatoms. The molecule has 3 rings (SSSR count). The normalized spacial score (nSPS) is 16.4. The summed E-state index contributed by atoms with van der Waals surface area (Å²) >= 11 is 12.5. The van der Waals surface area contributed by atoms with Gasteiger partial charge in [0.1, 0.15) is 5.82 Å². The molecule has 1 aromatic heterocycles. The van der Waals surface area contributed by atoms with Crippen LogP contribution < -0.4 is 5.32 Å². The number of likely N-dealkylation sites (tertiary alicyclic amines) is 1. The van der Waals surface area contributed by atoms with Crippen LogP contribution in [0.25, 0.3) is 0 Å². The number of carbonyl (C=O) groups excluding carboxylic acids is 1. The molecule has 1 N–H and O–H groups in total. The molecule has 0 bridgehead atoms. The number of hydrogen-bond acceptors (Lipinski definition) is 3. The van der Waals surface area contributed by atoms with Crippen molar-refractivity contribution in [1.29, 1.82) is 0 Å². The molecule has 1 saturated heterocycles. The van der Waals surface area contributed by atoms with Gasteiger partial charge in [0.15, 0.2) is 0 Å². The minimum absolute atomic E-state index is 0.0431. The van der Waals surface area contributed by atoms with Crippen LogP contribution in [0.5, 0.6) is 0 Å². The predicted octanol–water partition coefficient (Wildman–Crippen LogP) is 4.19. The Morgan fingerprint density at radius 3 is 2.67 bits per heavy atom. The number of halogens is 3. The van der Waals surface area contributed by atoms with Crippen LogP contribution in [0.2, 0.25) is 5.02 Å². The van der Waals surface area contributed by atoms with Gasteiger partial charge in [0.25, 0.3) is 5.91 Å². The zero-order valence-electron chi connectivity index (χ0n) is 15.1. The molecule has 2 aromatic rings. The summed E-state index contributed by atoms with van der Waals surface area (Å²) in [5.74, 6) is -0.673. The molecule has 1 amide bonds. The number of rotatable bonds is 5. The number of carbonyl (C=O) groups is 1. The number of pyridine rings is 1. The first-order valence-corrected chi connectivity index (χ1v) is 9.67. The lowest BCUT2D eigenvalue weighted by Crippen LogP contribution is -2.48. The maximum atomic E-state index is 13.3. The highest BCUT2D eigenvalue weighted by molar-refractivity contribution is 6.31. The number of aromatic nitrogens is 1. The van der Waals surface area contributed by atoms with E-state index in [0.29, 0.717) is 44.6 Å². The molecule has 1 aromatic carbocycles. The van der Waals surface area contributed by atoms with Crippen LogP contribution in [0.15, 0.2) is 36.5 Å². The zero-order chi connectivity index (χ0) is 19.4. The molecule has 0 aliphatic carbocycles. The first kappa shape index (κ1) is 20.1. The Kier molecular flexibility index (Phi) is 6.35. The molecule has 0 spiro atoms. The first-order chi connectivity index (χ1) is 12.9. The number of nitrogens with zero attached hydrogens (tertiary/aromatic N) is 2. The van der Waals surface area contributed by atoms with Gasteiger partial charge in [0.2, 0.25) is 0 Å². The largest absolute Gasteiger partial charge is 0.339 e. The smallest absolute Gasteiger partial charge is 0.253 e. The Hall–Kier alpha value is -1.69. The van der Waals surface area contributed by atoms with Crippen LogP contribution >= 0.6 is 23.2 Å². The highest BCUT2D eigenvalue weighted by Crippen LogP contribution is 2.30. The second-order valence-corrected chi connectivity index (χ2v) is 8.21. The van der Waals surface area contributed by atoms with E-state index in [4.69, 9.17) is 23.2 Å². The van der Waals surface area contributed by atoms with Crippen molar-refractivity contribution in [2.75, 3.05) is 19.6 Å². The third-order valence-corrected chi connectivity index (χ3v) is 5.64. The van der Waals surface area contributed by atoms with Crippen molar-refractivity contribution in [3.05, 3.63) is 64.2 Å². The molecule has 0 radical (unpaired) electrons. The number of hydrogen-bond donors (Lipinski definition) is 1. The zero-order valence-corrected chi connectivity index (χ0v) is 16.7. The van der Waals surface area contributed by atoms with Gasteiger partial charge in [-0.15, -0.1) is 11.6 Å². The van der Waals surface area contributed by atoms with Crippen LogP contribution in [0, 0.1) is 12.7 Å². The number of nitrogens with one attached hydrogen (secondary N) is 1. The first-order valence-electron chi connectivity index (χ1n) is 8.92. The molecule has 1 fully saturated rings. The number of piperidine rings is 1. The molecule has 1 aliphatic rings. The summed E-state index contributed by atoms with van der Waals surface area (Å²) in [4.78, 5) is 18.3. The number of amides is 1. The van der Waals surface area contributed by atoms with Gasteiger partial charge in [0, 0.05) is 37.9 Å². The van der Waals surface area contributed by atoms with Crippen molar-refractivity contribution in [2.45, 2.75) is 31.2 Å². The van der Waals surface area contributed by atoms with Crippen LogP contribution in [0.3, 0.4) is 0 Å². The summed E-state index contributed by atoms with van der Waals surface area (Å²) in [5, 5.41) is 3.32. The summed E-state index contributed by atoms with van der Waals surface area (Å²) in [6.07, 6.45) is 3.21. The fourth-order valence-corrected chi connectivity index (χ4v) is 3.56. The molecule has 2 heterocycles. The lowest BCUT2D eigenvalue weighted by atomic mass is 9.95. The summed E-state index contributed by atoms with van der Waals surface area (Å²) < 4.78 is 13.3. The van der Waals surface area contributed by atoms with Gasteiger partial charge < -0.3 is 10.2 Å². The second-order valence-electron chi connectivity index (χ2n) is 7.00. The van der Waals surface area contributed by atoms with Gasteiger partial charge in [-0.1, -0.05) is 17.7 Å². The van der Waals surface area contributed by atoms with E-state index < -0.39 is 5.82 Å².